The third-order valence-electron chi connectivity index (χ3n) is 2.67. The standard InChI is InChI=1S/C13H14N4S/c1-2-12(13-16-5-6-18-13)17-10-4-3-9(8-14)11(15)7-10/h3-7,12,17H,2,15H2,1H3. The van der Waals surface area contributed by atoms with Gasteiger partial charge in [-0.2, -0.15) is 5.26 Å². The number of anilines is 2. The SMILES string of the molecule is CCC(Nc1ccc(C#N)c(N)c1)c1nccs1. The minimum atomic E-state index is 0.178. The largest absolute Gasteiger partial charge is 0.398 e. The van der Waals surface area contributed by atoms with E-state index in [2.05, 4.69) is 23.3 Å². The van der Waals surface area contributed by atoms with Crippen LogP contribution in [0.3, 0.4) is 0 Å². The van der Waals surface area contributed by atoms with Crippen LogP contribution in [0.25, 0.3) is 0 Å². The second-order valence-corrected chi connectivity index (χ2v) is 4.82. The highest BCUT2D eigenvalue weighted by Crippen LogP contribution is 2.26. The van der Waals surface area contributed by atoms with Gasteiger partial charge in [0.25, 0.3) is 0 Å². The number of nitriles is 1. The molecule has 1 aromatic carbocycles. The van der Waals surface area contributed by atoms with Gasteiger partial charge < -0.3 is 11.1 Å². The molecule has 3 N–H and O–H groups in total. The highest BCUT2D eigenvalue weighted by molar-refractivity contribution is 7.09. The summed E-state index contributed by atoms with van der Waals surface area (Å²) < 4.78 is 0. The van der Waals surface area contributed by atoms with E-state index in [0.29, 0.717) is 11.3 Å². The first-order chi connectivity index (χ1) is 8.74. The molecule has 0 aliphatic heterocycles. The van der Waals surface area contributed by atoms with Crippen molar-refractivity contribution in [2.24, 2.45) is 0 Å². The van der Waals surface area contributed by atoms with Gasteiger partial charge in [0.05, 0.1) is 17.3 Å². The molecule has 1 aromatic heterocycles. The lowest BCUT2D eigenvalue weighted by Gasteiger charge is -2.16. The number of hydrogen-bond donors (Lipinski definition) is 2. The van der Waals surface area contributed by atoms with Gasteiger partial charge in [-0.15, -0.1) is 11.3 Å². The number of thiazole rings is 1. The molecule has 0 fully saturated rings. The van der Waals surface area contributed by atoms with Crippen molar-refractivity contribution in [1.29, 1.82) is 5.26 Å². The van der Waals surface area contributed by atoms with Crippen molar-refractivity contribution in [3.05, 3.63) is 40.3 Å². The number of rotatable bonds is 4. The molecule has 4 nitrogen and oxygen atoms in total. The molecular weight excluding hydrogens is 244 g/mol. The average Bonchev–Trinajstić information content (AvgIpc) is 2.90. The zero-order valence-electron chi connectivity index (χ0n) is 10.1. The van der Waals surface area contributed by atoms with E-state index in [1.807, 2.05) is 11.4 Å². The summed E-state index contributed by atoms with van der Waals surface area (Å²) in [5.74, 6) is 0. The maximum Gasteiger partial charge on any atom is 0.115 e. The highest BCUT2D eigenvalue weighted by Gasteiger charge is 2.12. The van der Waals surface area contributed by atoms with Crippen LogP contribution in [0.2, 0.25) is 0 Å². The fourth-order valence-electron chi connectivity index (χ4n) is 1.70. The molecule has 1 unspecified atom stereocenters. The van der Waals surface area contributed by atoms with Crippen molar-refractivity contribution in [2.75, 3.05) is 11.1 Å². The van der Waals surface area contributed by atoms with E-state index in [-0.39, 0.29) is 6.04 Å². The molecule has 0 saturated heterocycles. The fourth-order valence-corrected chi connectivity index (χ4v) is 2.47. The molecule has 5 heteroatoms. The Hall–Kier alpha value is -2.06. The number of nitrogens with zero attached hydrogens (tertiary/aromatic N) is 2. The molecular formula is C13H14N4S. The summed E-state index contributed by atoms with van der Waals surface area (Å²) in [5, 5.41) is 15.2. The first kappa shape index (κ1) is 12.4. The van der Waals surface area contributed by atoms with Crippen LogP contribution in [0.1, 0.15) is 30.0 Å². The van der Waals surface area contributed by atoms with Crippen LogP contribution in [0, 0.1) is 11.3 Å². The Labute approximate surface area is 110 Å². The van der Waals surface area contributed by atoms with Crippen molar-refractivity contribution in [1.82, 2.24) is 4.98 Å². The molecule has 0 radical (unpaired) electrons. The van der Waals surface area contributed by atoms with Gasteiger partial charge in [0.1, 0.15) is 11.1 Å². The Morgan fingerprint density at radius 3 is 2.94 bits per heavy atom. The van der Waals surface area contributed by atoms with Crippen molar-refractivity contribution in [2.45, 2.75) is 19.4 Å². The molecule has 1 heterocycles. The van der Waals surface area contributed by atoms with Crippen LogP contribution in [-0.2, 0) is 0 Å². The summed E-state index contributed by atoms with van der Waals surface area (Å²) in [5.41, 5.74) is 7.70. The lowest BCUT2D eigenvalue weighted by Crippen LogP contribution is -2.09. The molecule has 18 heavy (non-hydrogen) atoms. The monoisotopic (exact) mass is 258 g/mol. The normalized spacial score (nSPS) is 11.8. The lowest BCUT2D eigenvalue weighted by molar-refractivity contribution is 0.742. The fraction of sp³-hybridized carbons (Fsp3) is 0.231. The Balaban J connectivity index is 2.18. The van der Waals surface area contributed by atoms with Gasteiger partial charge in [-0.25, -0.2) is 4.98 Å². The van der Waals surface area contributed by atoms with Crippen LogP contribution in [0.15, 0.2) is 29.8 Å². The molecule has 92 valence electrons. The van der Waals surface area contributed by atoms with E-state index < -0.39 is 0 Å². The summed E-state index contributed by atoms with van der Waals surface area (Å²) >= 11 is 1.63. The van der Waals surface area contributed by atoms with Crippen LogP contribution >= 0.6 is 11.3 Å². The summed E-state index contributed by atoms with van der Waals surface area (Å²) in [6.45, 7) is 2.10. The first-order valence-corrected chi connectivity index (χ1v) is 6.58. The van der Waals surface area contributed by atoms with E-state index in [9.17, 15) is 0 Å². The van der Waals surface area contributed by atoms with Gasteiger partial charge in [0.2, 0.25) is 0 Å². The third kappa shape index (κ3) is 2.60. The van der Waals surface area contributed by atoms with Crippen molar-refractivity contribution < 1.29 is 0 Å². The van der Waals surface area contributed by atoms with Gasteiger partial charge in [-0.3, -0.25) is 0 Å². The van der Waals surface area contributed by atoms with E-state index in [4.69, 9.17) is 11.0 Å². The topological polar surface area (TPSA) is 74.7 Å². The number of benzene rings is 1. The molecule has 0 saturated carbocycles. The van der Waals surface area contributed by atoms with Crippen LogP contribution in [0.5, 0.6) is 0 Å². The Morgan fingerprint density at radius 1 is 1.56 bits per heavy atom. The Morgan fingerprint density at radius 2 is 2.39 bits per heavy atom. The van der Waals surface area contributed by atoms with Crippen LogP contribution < -0.4 is 11.1 Å². The van der Waals surface area contributed by atoms with Gasteiger partial charge in [-0.1, -0.05) is 6.92 Å². The summed E-state index contributed by atoms with van der Waals surface area (Å²) in [6.07, 6.45) is 2.74. The van der Waals surface area contributed by atoms with Crippen LogP contribution in [0.4, 0.5) is 11.4 Å². The van der Waals surface area contributed by atoms with Crippen molar-refractivity contribution in [3.8, 4) is 6.07 Å². The minimum absolute atomic E-state index is 0.178. The second-order valence-electron chi connectivity index (χ2n) is 3.89. The predicted molar refractivity (Wildman–Crippen MR) is 74.3 cm³/mol. The number of hydrogen-bond acceptors (Lipinski definition) is 5. The molecule has 0 spiro atoms. The number of aromatic nitrogens is 1. The maximum absolute atomic E-state index is 8.83. The van der Waals surface area contributed by atoms with E-state index in [1.54, 1.807) is 29.7 Å². The molecule has 0 aliphatic carbocycles. The van der Waals surface area contributed by atoms with E-state index in [0.717, 1.165) is 17.1 Å². The molecule has 1 atom stereocenters. The predicted octanol–water partition coefficient (Wildman–Crippen LogP) is 3.16. The van der Waals surface area contributed by atoms with Gasteiger partial charge in [0, 0.05) is 17.3 Å². The average molecular weight is 258 g/mol. The zero-order chi connectivity index (χ0) is 13.0. The van der Waals surface area contributed by atoms with Crippen LogP contribution in [-0.4, -0.2) is 4.98 Å². The summed E-state index contributed by atoms with van der Waals surface area (Å²) in [6, 6.07) is 7.61. The zero-order valence-corrected chi connectivity index (χ0v) is 10.9. The molecule has 0 amide bonds. The van der Waals surface area contributed by atoms with Gasteiger partial charge in [-0.05, 0) is 24.6 Å². The minimum Gasteiger partial charge on any atom is -0.398 e. The van der Waals surface area contributed by atoms with Gasteiger partial charge in [0.15, 0.2) is 0 Å². The smallest absolute Gasteiger partial charge is 0.115 e. The highest BCUT2D eigenvalue weighted by atomic mass is 32.1. The second kappa shape index (κ2) is 5.52. The maximum atomic E-state index is 8.83. The summed E-state index contributed by atoms with van der Waals surface area (Å²) in [4.78, 5) is 4.31. The molecule has 0 aliphatic rings. The number of nitrogens with one attached hydrogen (secondary N) is 1. The van der Waals surface area contributed by atoms with Crippen molar-refractivity contribution in [3.63, 3.8) is 0 Å². The number of nitrogens with two attached hydrogens (primary N) is 1. The van der Waals surface area contributed by atoms with E-state index in [1.165, 1.54) is 0 Å². The Bertz CT molecular complexity index is 557. The van der Waals surface area contributed by atoms with E-state index >= 15 is 0 Å². The molecule has 2 aromatic rings. The molecule has 0 bridgehead atoms. The lowest BCUT2D eigenvalue weighted by atomic mass is 10.1. The third-order valence-corrected chi connectivity index (χ3v) is 3.56. The van der Waals surface area contributed by atoms with Gasteiger partial charge >= 0.3 is 0 Å². The number of nitrogen functional groups attached to an aromatic ring is 1. The Kier molecular flexibility index (Phi) is 3.80. The quantitative estimate of drug-likeness (QED) is 0.826. The molecule has 2 rings (SSSR count). The first-order valence-electron chi connectivity index (χ1n) is 5.70. The van der Waals surface area contributed by atoms with Crippen molar-refractivity contribution >= 4 is 22.7 Å². The summed E-state index contributed by atoms with van der Waals surface area (Å²) in [7, 11) is 0.